The number of anilines is 1. The number of hydrogen-bond acceptors (Lipinski definition) is 4. The molecule has 0 aliphatic heterocycles. The monoisotopic (exact) mass is 573 g/mol. The maximum absolute atomic E-state index is 13.9. The highest BCUT2D eigenvalue weighted by Gasteiger charge is 2.33. The number of aryl methyl sites for hydroxylation is 1. The van der Waals surface area contributed by atoms with Gasteiger partial charge in [0.2, 0.25) is 11.8 Å². The average molecular weight is 574 g/mol. The molecule has 0 radical (unpaired) electrons. The summed E-state index contributed by atoms with van der Waals surface area (Å²) in [6.07, 6.45) is 0.696. The van der Waals surface area contributed by atoms with E-state index in [2.05, 4.69) is 5.32 Å². The van der Waals surface area contributed by atoms with Crippen LogP contribution in [0.3, 0.4) is 0 Å². The van der Waals surface area contributed by atoms with Crippen molar-refractivity contribution in [2.45, 2.75) is 57.6 Å². The minimum absolute atomic E-state index is 0.00199. The molecule has 0 unspecified atom stereocenters. The Morgan fingerprint density at radius 3 is 2.23 bits per heavy atom. The molecule has 0 saturated carbocycles. The lowest BCUT2D eigenvalue weighted by Gasteiger charge is -2.32. The van der Waals surface area contributed by atoms with Crippen molar-refractivity contribution < 1.29 is 22.4 Å². The Morgan fingerprint density at radius 2 is 1.64 bits per heavy atom. The van der Waals surface area contributed by atoms with Crippen molar-refractivity contribution in [1.82, 2.24) is 10.2 Å². The van der Waals surface area contributed by atoms with Crippen LogP contribution in [-0.4, -0.2) is 43.8 Å². The molecule has 3 aromatic rings. The van der Waals surface area contributed by atoms with Crippen molar-refractivity contribution in [3.8, 4) is 0 Å². The first-order chi connectivity index (χ1) is 18.4. The molecule has 0 aliphatic carbocycles. The maximum Gasteiger partial charge on any atom is 0.264 e. The topological polar surface area (TPSA) is 86.8 Å². The van der Waals surface area contributed by atoms with E-state index < -0.39 is 34.3 Å². The molecule has 2 amide bonds. The first-order valence-corrected chi connectivity index (χ1v) is 14.4. The summed E-state index contributed by atoms with van der Waals surface area (Å²) >= 11 is 6.33. The summed E-state index contributed by atoms with van der Waals surface area (Å²) < 4.78 is 42.1. The molecule has 0 heterocycles. The fourth-order valence-corrected chi connectivity index (χ4v) is 5.42. The van der Waals surface area contributed by atoms with E-state index in [-0.39, 0.29) is 29.1 Å². The quantitative estimate of drug-likeness (QED) is 0.337. The average Bonchev–Trinajstić information content (AvgIpc) is 2.92. The van der Waals surface area contributed by atoms with E-state index >= 15 is 0 Å². The van der Waals surface area contributed by atoms with Gasteiger partial charge in [-0.3, -0.25) is 13.9 Å². The Kier molecular flexibility index (Phi) is 10.1. The fourth-order valence-electron chi connectivity index (χ4n) is 3.82. The Bertz CT molecular complexity index is 1400. The number of sulfonamides is 1. The van der Waals surface area contributed by atoms with E-state index in [0.29, 0.717) is 17.0 Å². The summed E-state index contributed by atoms with van der Waals surface area (Å²) in [5.74, 6) is -1.42. The van der Waals surface area contributed by atoms with Crippen molar-refractivity contribution >= 4 is 39.1 Å². The van der Waals surface area contributed by atoms with Gasteiger partial charge in [0.05, 0.1) is 10.6 Å². The van der Waals surface area contributed by atoms with Crippen molar-refractivity contribution in [1.29, 1.82) is 0 Å². The van der Waals surface area contributed by atoms with Crippen LogP contribution in [0.15, 0.2) is 77.7 Å². The Balaban J connectivity index is 2.03. The second-order valence-corrected chi connectivity index (χ2v) is 11.7. The molecule has 7 nitrogen and oxygen atoms in total. The summed E-state index contributed by atoms with van der Waals surface area (Å²) in [7, 11) is -4.18. The lowest BCUT2D eigenvalue weighted by Crippen LogP contribution is -2.52. The normalized spacial score (nSPS) is 12.9. The van der Waals surface area contributed by atoms with Gasteiger partial charge in [0.1, 0.15) is 18.4 Å². The number of rotatable bonds is 11. The van der Waals surface area contributed by atoms with Crippen molar-refractivity contribution in [2.75, 3.05) is 10.8 Å². The van der Waals surface area contributed by atoms with Gasteiger partial charge >= 0.3 is 0 Å². The first kappa shape index (κ1) is 30.1. The Hall–Kier alpha value is -3.43. The largest absolute Gasteiger partial charge is 0.352 e. The number of nitrogens with zero attached hydrogens (tertiary/aromatic N) is 2. The molecule has 0 aliphatic rings. The van der Waals surface area contributed by atoms with E-state index in [4.69, 9.17) is 11.6 Å². The highest BCUT2D eigenvalue weighted by molar-refractivity contribution is 7.92. The summed E-state index contributed by atoms with van der Waals surface area (Å²) in [4.78, 5) is 28.2. The molecule has 0 saturated heterocycles. The molecule has 1 N–H and O–H groups in total. The van der Waals surface area contributed by atoms with Gasteiger partial charge in [-0.2, -0.15) is 0 Å². The second kappa shape index (κ2) is 13.1. The zero-order valence-corrected chi connectivity index (χ0v) is 24.0. The third kappa shape index (κ3) is 7.58. The molecular formula is C29H33ClFN3O4S. The van der Waals surface area contributed by atoms with E-state index in [1.54, 1.807) is 44.2 Å². The molecule has 2 atom stereocenters. The van der Waals surface area contributed by atoms with Crippen LogP contribution < -0.4 is 9.62 Å². The van der Waals surface area contributed by atoms with Crippen LogP contribution in [0.25, 0.3) is 0 Å². The summed E-state index contributed by atoms with van der Waals surface area (Å²) in [5, 5.41) is 3.22. The van der Waals surface area contributed by atoms with Gasteiger partial charge < -0.3 is 10.2 Å². The summed E-state index contributed by atoms with van der Waals surface area (Å²) in [6.45, 7) is 6.54. The molecule has 0 aromatic heterocycles. The molecule has 208 valence electrons. The van der Waals surface area contributed by atoms with Crippen LogP contribution in [0.4, 0.5) is 10.1 Å². The number of carbonyl (C=O) groups is 2. The number of hydrogen-bond donors (Lipinski definition) is 1. The molecule has 0 bridgehead atoms. The zero-order chi connectivity index (χ0) is 28.7. The smallest absolute Gasteiger partial charge is 0.264 e. The van der Waals surface area contributed by atoms with Crippen molar-refractivity contribution in [3.05, 3.63) is 94.8 Å². The highest BCUT2D eigenvalue weighted by Crippen LogP contribution is 2.28. The van der Waals surface area contributed by atoms with Crippen LogP contribution in [0.1, 0.15) is 38.3 Å². The molecule has 0 fully saturated rings. The lowest BCUT2D eigenvalue weighted by molar-refractivity contribution is -0.139. The van der Waals surface area contributed by atoms with Gasteiger partial charge in [-0.25, -0.2) is 12.8 Å². The van der Waals surface area contributed by atoms with E-state index in [9.17, 15) is 22.4 Å². The number of carbonyl (C=O) groups excluding carboxylic acids is 2. The number of nitrogens with one attached hydrogen (secondary N) is 1. The van der Waals surface area contributed by atoms with Gasteiger partial charge in [-0.1, -0.05) is 54.9 Å². The summed E-state index contributed by atoms with van der Waals surface area (Å²) in [6, 6.07) is 17.0. The van der Waals surface area contributed by atoms with Gasteiger partial charge in [0, 0.05) is 17.6 Å². The predicted octanol–water partition coefficient (Wildman–Crippen LogP) is 5.31. The highest BCUT2D eigenvalue weighted by atomic mass is 35.5. The van der Waals surface area contributed by atoms with Gasteiger partial charge in [-0.05, 0) is 74.7 Å². The fraction of sp³-hybridized carbons (Fsp3) is 0.310. The predicted molar refractivity (Wildman–Crippen MR) is 151 cm³/mol. The van der Waals surface area contributed by atoms with Crippen LogP contribution in [-0.2, 0) is 26.2 Å². The lowest BCUT2D eigenvalue weighted by atomic mass is 10.1. The van der Waals surface area contributed by atoms with Crippen LogP contribution >= 0.6 is 11.6 Å². The molecular weight excluding hydrogens is 541 g/mol. The van der Waals surface area contributed by atoms with Crippen LogP contribution in [0, 0.1) is 12.7 Å². The van der Waals surface area contributed by atoms with Gasteiger partial charge in [-0.15, -0.1) is 0 Å². The van der Waals surface area contributed by atoms with Crippen LogP contribution in [0.5, 0.6) is 0 Å². The van der Waals surface area contributed by atoms with Gasteiger partial charge in [0.25, 0.3) is 10.0 Å². The summed E-state index contributed by atoms with van der Waals surface area (Å²) in [5.41, 5.74) is 1.54. The molecule has 3 aromatic carbocycles. The minimum atomic E-state index is -4.18. The maximum atomic E-state index is 13.9. The third-order valence-electron chi connectivity index (χ3n) is 6.49. The number of benzene rings is 3. The first-order valence-electron chi connectivity index (χ1n) is 12.6. The van der Waals surface area contributed by atoms with E-state index in [1.807, 2.05) is 13.8 Å². The SMILES string of the molecule is CC[C@@H](C)NC(=O)[C@@H](C)N(Cc1ccc(F)cc1)C(=O)CN(c1ccc(C)c(Cl)c1)S(=O)(=O)c1ccccc1. The molecule has 3 rings (SSSR count). The number of amides is 2. The Labute approximate surface area is 234 Å². The second-order valence-electron chi connectivity index (χ2n) is 9.40. The molecule has 10 heteroatoms. The third-order valence-corrected chi connectivity index (χ3v) is 8.68. The Morgan fingerprint density at radius 1 is 1.00 bits per heavy atom. The number of halogens is 2. The van der Waals surface area contributed by atoms with E-state index in [0.717, 1.165) is 9.87 Å². The van der Waals surface area contributed by atoms with Gasteiger partial charge in [0.15, 0.2) is 0 Å². The van der Waals surface area contributed by atoms with Crippen molar-refractivity contribution in [2.24, 2.45) is 0 Å². The zero-order valence-electron chi connectivity index (χ0n) is 22.4. The standard InChI is InChI=1S/C29H33ClFN3O4S/c1-5-21(3)32-29(36)22(4)33(18-23-12-14-24(31)15-13-23)28(35)19-34(25-16-11-20(2)27(30)17-25)39(37,38)26-9-7-6-8-10-26/h6-17,21-22H,5,18-19H2,1-4H3,(H,32,36)/t21-,22-/m1/s1. The molecule has 39 heavy (non-hydrogen) atoms. The minimum Gasteiger partial charge on any atom is -0.352 e. The van der Waals surface area contributed by atoms with E-state index in [1.165, 1.54) is 47.4 Å². The molecule has 0 spiro atoms. The van der Waals surface area contributed by atoms with Crippen molar-refractivity contribution in [3.63, 3.8) is 0 Å². The van der Waals surface area contributed by atoms with Crippen LogP contribution in [0.2, 0.25) is 5.02 Å².